The summed E-state index contributed by atoms with van der Waals surface area (Å²) in [5, 5.41) is 11.0. The molecule has 0 atom stereocenters. The first-order chi connectivity index (χ1) is 12.0. The minimum atomic E-state index is -0.545. The highest BCUT2D eigenvalue weighted by Gasteiger charge is 2.27. The van der Waals surface area contributed by atoms with E-state index in [1.807, 2.05) is 4.90 Å². The zero-order valence-corrected chi connectivity index (χ0v) is 13.9. The molecule has 0 amide bonds. The number of nitro groups is 1. The summed E-state index contributed by atoms with van der Waals surface area (Å²) < 4.78 is 13.0. The van der Waals surface area contributed by atoms with Crippen molar-refractivity contribution in [2.75, 3.05) is 18.0 Å². The van der Waals surface area contributed by atoms with E-state index in [-0.39, 0.29) is 28.2 Å². The minimum absolute atomic E-state index is 0.00223. The standard InChI is InChI=1S/C17H15ClFN3O3/c18-15-9-14(22(24)25)10-20-17(15)21-7-5-12(6-8-21)16(23)11-1-3-13(19)4-2-11/h1-4,9-10,12H,5-8H2. The zero-order valence-electron chi connectivity index (χ0n) is 13.2. The van der Waals surface area contributed by atoms with Crippen molar-refractivity contribution >= 4 is 28.9 Å². The monoisotopic (exact) mass is 363 g/mol. The van der Waals surface area contributed by atoms with Gasteiger partial charge in [0.2, 0.25) is 0 Å². The van der Waals surface area contributed by atoms with Crippen LogP contribution in [-0.4, -0.2) is 28.8 Å². The summed E-state index contributed by atoms with van der Waals surface area (Å²) in [4.78, 5) is 28.7. The van der Waals surface area contributed by atoms with Gasteiger partial charge in [-0.1, -0.05) is 11.6 Å². The maximum absolute atomic E-state index is 13.0. The number of hydrogen-bond donors (Lipinski definition) is 0. The van der Waals surface area contributed by atoms with Crippen LogP contribution in [0.3, 0.4) is 0 Å². The molecule has 6 nitrogen and oxygen atoms in total. The van der Waals surface area contributed by atoms with Crippen molar-refractivity contribution in [1.29, 1.82) is 0 Å². The number of benzene rings is 1. The SMILES string of the molecule is O=C(c1ccc(F)cc1)C1CCN(c2ncc([N+](=O)[O-])cc2Cl)CC1. The second-order valence-electron chi connectivity index (χ2n) is 5.89. The van der Waals surface area contributed by atoms with Crippen LogP contribution in [0.2, 0.25) is 5.02 Å². The fraction of sp³-hybridized carbons (Fsp3) is 0.294. The lowest BCUT2D eigenvalue weighted by atomic mass is 9.89. The van der Waals surface area contributed by atoms with E-state index in [1.54, 1.807) is 0 Å². The molecule has 1 aromatic heterocycles. The van der Waals surface area contributed by atoms with Crippen molar-refractivity contribution in [3.05, 3.63) is 63.0 Å². The summed E-state index contributed by atoms with van der Waals surface area (Å²) in [5.74, 6) is -0.0221. The van der Waals surface area contributed by atoms with Crippen LogP contribution in [0, 0.1) is 21.8 Å². The molecule has 0 bridgehead atoms. The van der Waals surface area contributed by atoms with E-state index in [9.17, 15) is 19.3 Å². The molecule has 1 saturated heterocycles. The second kappa shape index (κ2) is 7.14. The first kappa shape index (κ1) is 17.3. The third-order valence-electron chi connectivity index (χ3n) is 4.31. The van der Waals surface area contributed by atoms with Crippen LogP contribution in [0.4, 0.5) is 15.9 Å². The van der Waals surface area contributed by atoms with E-state index in [0.717, 1.165) is 0 Å². The molecule has 8 heteroatoms. The molecule has 1 aliphatic heterocycles. The Morgan fingerprint density at radius 1 is 1.28 bits per heavy atom. The number of piperidine rings is 1. The number of hydrogen-bond acceptors (Lipinski definition) is 5. The van der Waals surface area contributed by atoms with Gasteiger partial charge in [0.05, 0.1) is 9.95 Å². The molecule has 0 aliphatic carbocycles. The first-order valence-electron chi connectivity index (χ1n) is 7.80. The summed E-state index contributed by atoms with van der Waals surface area (Å²) in [7, 11) is 0. The maximum atomic E-state index is 13.0. The van der Waals surface area contributed by atoms with E-state index in [0.29, 0.717) is 37.3 Å². The smallest absolute Gasteiger partial charge is 0.289 e. The molecule has 3 rings (SSSR count). The van der Waals surface area contributed by atoms with Crippen molar-refractivity contribution in [1.82, 2.24) is 4.98 Å². The van der Waals surface area contributed by atoms with Crippen LogP contribution >= 0.6 is 11.6 Å². The molecule has 1 aliphatic rings. The first-order valence-corrected chi connectivity index (χ1v) is 8.18. The second-order valence-corrected chi connectivity index (χ2v) is 6.30. The Balaban J connectivity index is 1.66. The Morgan fingerprint density at radius 3 is 2.48 bits per heavy atom. The molecule has 25 heavy (non-hydrogen) atoms. The van der Waals surface area contributed by atoms with Crippen LogP contribution < -0.4 is 4.90 Å². The van der Waals surface area contributed by atoms with Crippen molar-refractivity contribution in [3.8, 4) is 0 Å². The van der Waals surface area contributed by atoms with Gasteiger partial charge in [-0.05, 0) is 37.1 Å². The number of aromatic nitrogens is 1. The molecule has 2 heterocycles. The lowest BCUT2D eigenvalue weighted by Crippen LogP contribution is -2.37. The highest BCUT2D eigenvalue weighted by molar-refractivity contribution is 6.33. The topological polar surface area (TPSA) is 76.3 Å². The predicted octanol–water partition coefficient (Wildman–Crippen LogP) is 3.88. The van der Waals surface area contributed by atoms with Gasteiger partial charge in [-0.3, -0.25) is 14.9 Å². The molecule has 2 aromatic rings. The number of rotatable bonds is 4. The Morgan fingerprint density at radius 2 is 1.92 bits per heavy atom. The summed E-state index contributed by atoms with van der Waals surface area (Å²) in [5.41, 5.74) is 0.349. The molecule has 0 saturated carbocycles. The van der Waals surface area contributed by atoms with Gasteiger partial charge in [0.25, 0.3) is 5.69 Å². The maximum Gasteiger partial charge on any atom is 0.289 e. The molecule has 0 radical (unpaired) electrons. The van der Waals surface area contributed by atoms with Gasteiger partial charge >= 0.3 is 0 Å². The molecule has 1 fully saturated rings. The minimum Gasteiger partial charge on any atom is -0.355 e. The third-order valence-corrected chi connectivity index (χ3v) is 4.59. The highest BCUT2D eigenvalue weighted by Crippen LogP contribution is 2.31. The molecule has 1 aromatic carbocycles. The lowest BCUT2D eigenvalue weighted by Gasteiger charge is -2.32. The van der Waals surface area contributed by atoms with Gasteiger partial charge in [-0.2, -0.15) is 0 Å². The molecular formula is C17H15ClFN3O3. The number of nitrogens with zero attached hydrogens (tertiary/aromatic N) is 3. The molecular weight excluding hydrogens is 349 g/mol. The number of anilines is 1. The van der Waals surface area contributed by atoms with Crippen molar-refractivity contribution in [3.63, 3.8) is 0 Å². The van der Waals surface area contributed by atoms with E-state index >= 15 is 0 Å². The normalized spacial score (nSPS) is 15.2. The van der Waals surface area contributed by atoms with Crippen LogP contribution in [0.15, 0.2) is 36.5 Å². The van der Waals surface area contributed by atoms with Crippen molar-refractivity contribution in [2.24, 2.45) is 5.92 Å². The Kier molecular flexibility index (Phi) is 4.94. The fourth-order valence-electron chi connectivity index (χ4n) is 2.96. The molecule has 0 N–H and O–H groups in total. The number of carbonyl (C=O) groups is 1. The summed E-state index contributed by atoms with van der Waals surface area (Å²) in [6.45, 7) is 1.14. The van der Waals surface area contributed by atoms with Gasteiger partial charge in [0.1, 0.15) is 17.8 Å². The van der Waals surface area contributed by atoms with E-state index in [4.69, 9.17) is 11.6 Å². The molecule has 130 valence electrons. The quantitative estimate of drug-likeness (QED) is 0.468. The number of halogens is 2. The zero-order chi connectivity index (χ0) is 18.0. The van der Waals surface area contributed by atoms with E-state index in [2.05, 4.69) is 4.98 Å². The van der Waals surface area contributed by atoms with Crippen LogP contribution in [-0.2, 0) is 0 Å². The van der Waals surface area contributed by atoms with Crippen LogP contribution in [0.1, 0.15) is 23.2 Å². The summed E-state index contributed by atoms with van der Waals surface area (Å²) in [6.07, 6.45) is 2.41. The van der Waals surface area contributed by atoms with Crippen molar-refractivity contribution < 1.29 is 14.1 Å². The van der Waals surface area contributed by atoms with E-state index < -0.39 is 4.92 Å². The van der Waals surface area contributed by atoms with Crippen LogP contribution in [0.25, 0.3) is 0 Å². The molecule has 0 spiro atoms. The van der Waals surface area contributed by atoms with Crippen LogP contribution in [0.5, 0.6) is 0 Å². The van der Waals surface area contributed by atoms with Crippen molar-refractivity contribution in [2.45, 2.75) is 12.8 Å². The number of pyridine rings is 1. The van der Waals surface area contributed by atoms with Gasteiger partial charge in [0, 0.05) is 30.6 Å². The lowest BCUT2D eigenvalue weighted by molar-refractivity contribution is -0.385. The number of carbonyl (C=O) groups excluding carboxylic acids is 1. The Labute approximate surface area is 148 Å². The number of Topliss-reactive ketones (excluding diaryl/α,β-unsaturated/α-hetero) is 1. The predicted molar refractivity (Wildman–Crippen MR) is 91.6 cm³/mol. The average molecular weight is 364 g/mol. The summed E-state index contributed by atoms with van der Waals surface area (Å²) in [6, 6.07) is 6.84. The largest absolute Gasteiger partial charge is 0.355 e. The van der Waals surface area contributed by atoms with Gasteiger partial charge < -0.3 is 4.90 Å². The van der Waals surface area contributed by atoms with E-state index in [1.165, 1.54) is 36.5 Å². The fourth-order valence-corrected chi connectivity index (χ4v) is 3.24. The number of ketones is 1. The van der Waals surface area contributed by atoms with Gasteiger partial charge in [-0.15, -0.1) is 0 Å². The van der Waals surface area contributed by atoms with Gasteiger partial charge in [-0.25, -0.2) is 9.37 Å². The summed E-state index contributed by atoms with van der Waals surface area (Å²) >= 11 is 6.11. The van der Waals surface area contributed by atoms with Gasteiger partial charge in [0.15, 0.2) is 5.78 Å². The molecule has 0 unspecified atom stereocenters. The highest BCUT2D eigenvalue weighted by atomic mass is 35.5. The average Bonchev–Trinajstić information content (AvgIpc) is 2.62. The Hall–Kier alpha value is -2.54. The third kappa shape index (κ3) is 3.76. The Bertz CT molecular complexity index is 805.